The molecule has 9 nitrogen and oxygen atoms in total. The van der Waals surface area contributed by atoms with Gasteiger partial charge in [0.25, 0.3) is 5.56 Å². The highest BCUT2D eigenvalue weighted by Gasteiger charge is 2.19. The fourth-order valence-electron chi connectivity index (χ4n) is 2.67. The standard InChI is InChI=1S/C14H12N6O3S2/c1-19-9-8(10-11(19)18-14(24-10)25(2)23)5-16-20(12(9)21)6-7-3-4-15-13(22)17-7/h3-5H,6H2,1-2H3,(H,15,17,22). The van der Waals surface area contributed by atoms with E-state index in [2.05, 4.69) is 20.1 Å². The summed E-state index contributed by atoms with van der Waals surface area (Å²) < 4.78 is 15.9. The van der Waals surface area contributed by atoms with Crippen molar-refractivity contribution in [2.45, 2.75) is 10.9 Å². The normalized spacial score (nSPS) is 12.9. The third-order valence-corrected chi connectivity index (χ3v) is 6.22. The van der Waals surface area contributed by atoms with Crippen LogP contribution in [-0.2, 0) is 24.4 Å². The molecule has 11 heteroatoms. The highest BCUT2D eigenvalue weighted by atomic mass is 32.2. The first-order valence-corrected chi connectivity index (χ1v) is 9.56. The van der Waals surface area contributed by atoms with E-state index in [9.17, 15) is 13.8 Å². The average molecular weight is 376 g/mol. The first-order chi connectivity index (χ1) is 12.0. The number of nitrogens with one attached hydrogen (secondary N) is 1. The van der Waals surface area contributed by atoms with E-state index in [0.717, 1.165) is 4.70 Å². The Hall–Kier alpha value is -2.66. The van der Waals surface area contributed by atoms with Crippen LogP contribution in [0.15, 0.2) is 32.4 Å². The van der Waals surface area contributed by atoms with E-state index in [0.29, 0.717) is 26.6 Å². The van der Waals surface area contributed by atoms with E-state index in [4.69, 9.17) is 0 Å². The van der Waals surface area contributed by atoms with Crippen molar-refractivity contribution in [1.82, 2.24) is 29.3 Å². The van der Waals surface area contributed by atoms with Crippen LogP contribution in [0.5, 0.6) is 0 Å². The van der Waals surface area contributed by atoms with Crippen LogP contribution in [-0.4, -0.2) is 39.8 Å². The van der Waals surface area contributed by atoms with E-state index in [1.54, 1.807) is 30.1 Å². The lowest BCUT2D eigenvalue weighted by Gasteiger charge is -2.05. The number of H-pyrrole nitrogens is 1. The van der Waals surface area contributed by atoms with E-state index in [1.807, 2.05) is 0 Å². The molecule has 25 heavy (non-hydrogen) atoms. The molecule has 1 atom stereocenters. The molecule has 0 amide bonds. The molecule has 0 saturated heterocycles. The van der Waals surface area contributed by atoms with E-state index in [-0.39, 0.29) is 12.1 Å². The van der Waals surface area contributed by atoms with Gasteiger partial charge in [0, 0.05) is 30.6 Å². The van der Waals surface area contributed by atoms with Gasteiger partial charge >= 0.3 is 5.69 Å². The fraction of sp³-hybridized carbons (Fsp3) is 0.214. The zero-order valence-corrected chi connectivity index (χ0v) is 14.8. The van der Waals surface area contributed by atoms with Crippen LogP contribution in [0.4, 0.5) is 0 Å². The highest BCUT2D eigenvalue weighted by Crippen LogP contribution is 2.31. The number of thiazole rings is 1. The van der Waals surface area contributed by atoms with Crippen LogP contribution < -0.4 is 11.2 Å². The minimum atomic E-state index is -1.18. The first-order valence-electron chi connectivity index (χ1n) is 7.18. The van der Waals surface area contributed by atoms with Crippen molar-refractivity contribution in [2.24, 2.45) is 7.05 Å². The summed E-state index contributed by atoms with van der Waals surface area (Å²) in [6, 6.07) is 1.62. The van der Waals surface area contributed by atoms with Crippen molar-refractivity contribution in [3.8, 4) is 0 Å². The third kappa shape index (κ3) is 2.51. The van der Waals surface area contributed by atoms with Crippen LogP contribution in [0.2, 0.25) is 0 Å². The second kappa shape index (κ2) is 5.70. The van der Waals surface area contributed by atoms with Crippen LogP contribution in [0.25, 0.3) is 21.3 Å². The molecule has 0 saturated carbocycles. The SMILES string of the molecule is Cn1c2nc(S(C)=O)sc2c2cnn(Cc3ccnc(=O)[nH]3)c(=O)c21. The molecule has 4 rings (SSSR count). The largest absolute Gasteiger partial charge is 0.345 e. The zero-order valence-electron chi connectivity index (χ0n) is 13.2. The van der Waals surface area contributed by atoms with Crippen molar-refractivity contribution in [3.63, 3.8) is 0 Å². The van der Waals surface area contributed by atoms with Gasteiger partial charge in [0.2, 0.25) is 0 Å². The third-order valence-electron chi connectivity index (χ3n) is 3.81. The lowest BCUT2D eigenvalue weighted by atomic mass is 10.3. The first kappa shape index (κ1) is 15.8. The molecule has 0 aliphatic heterocycles. The summed E-state index contributed by atoms with van der Waals surface area (Å²) in [5.74, 6) is 0. The molecular formula is C14H12N6O3S2. The molecular weight excluding hydrogens is 364 g/mol. The summed E-state index contributed by atoms with van der Waals surface area (Å²) >= 11 is 1.30. The molecule has 0 bridgehead atoms. The summed E-state index contributed by atoms with van der Waals surface area (Å²) in [7, 11) is 0.564. The molecule has 1 unspecified atom stereocenters. The topological polar surface area (TPSA) is 116 Å². The number of hydrogen-bond donors (Lipinski definition) is 1. The van der Waals surface area contributed by atoms with Gasteiger partial charge in [-0.2, -0.15) is 5.10 Å². The Bertz CT molecular complexity index is 1270. The van der Waals surface area contributed by atoms with Crippen molar-refractivity contribution in [1.29, 1.82) is 0 Å². The summed E-state index contributed by atoms with van der Waals surface area (Å²) in [5.41, 5.74) is 0.844. The lowest BCUT2D eigenvalue weighted by Crippen LogP contribution is -2.26. The quantitative estimate of drug-likeness (QED) is 0.547. The van der Waals surface area contributed by atoms with Gasteiger partial charge in [-0.25, -0.2) is 19.4 Å². The second-order valence-corrected chi connectivity index (χ2v) is 7.97. The van der Waals surface area contributed by atoms with Gasteiger partial charge in [0.1, 0.15) is 5.52 Å². The maximum atomic E-state index is 12.8. The van der Waals surface area contributed by atoms with Crippen molar-refractivity contribution < 1.29 is 4.21 Å². The predicted octanol–water partition coefficient (Wildman–Crippen LogP) is 0.214. The second-order valence-electron chi connectivity index (χ2n) is 5.42. The summed E-state index contributed by atoms with van der Waals surface area (Å²) in [5, 5.41) is 4.88. The number of aromatic amines is 1. The smallest absolute Gasteiger partial charge is 0.323 e. The Morgan fingerprint density at radius 2 is 2.16 bits per heavy atom. The van der Waals surface area contributed by atoms with E-state index >= 15 is 0 Å². The van der Waals surface area contributed by atoms with Crippen LogP contribution in [0.3, 0.4) is 0 Å². The Morgan fingerprint density at radius 3 is 2.88 bits per heavy atom. The van der Waals surface area contributed by atoms with E-state index in [1.165, 1.54) is 22.2 Å². The van der Waals surface area contributed by atoms with Gasteiger partial charge in [-0.05, 0) is 6.07 Å². The molecule has 0 radical (unpaired) electrons. The number of rotatable bonds is 3. The molecule has 1 N–H and O–H groups in total. The summed E-state index contributed by atoms with van der Waals surface area (Å²) in [6.07, 6.45) is 4.55. The molecule has 4 aromatic rings. The fourth-order valence-corrected chi connectivity index (χ4v) is 4.44. The van der Waals surface area contributed by atoms with Gasteiger partial charge in [0.05, 0.1) is 28.2 Å². The molecule has 128 valence electrons. The lowest BCUT2D eigenvalue weighted by molar-refractivity contribution is 0.629. The molecule has 0 aliphatic carbocycles. The number of hydrogen-bond acceptors (Lipinski definition) is 7. The van der Waals surface area contributed by atoms with Crippen LogP contribution >= 0.6 is 11.3 Å². The Morgan fingerprint density at radius 1 is 1.36 bits per heavy atom. The van der Waals surface area contributed by atoms with Crippen molar-refractivity contribution >= 4 is 43.4 Å². The van der Waals surface area contributed by atoms with E-state index < -0.39 is 16.5 Å². The molecule has 0 aliphatic rings. The monoisotopic (exact) mass is 376 g/mol. The maximum absolute atomic E-state index is 12.8. The Balaban J connectivity index is 1.91. The molecule has 4 heterocycles. The predicted molar refractivity (Wildman–Crippen MR) is 94.4 cm³/mol. The number of fused-ring (bicyclic) bond motifs is 3. The molecule has 0 spiro atoms. The summed E-state index contributed by atoms with van der Waals surface area (Å²) in [4.78, 5) is 34.6. The van der Waals surface area contributed by atoms with Gasteiger partial charge in [-0.3, -0.25) is 9.00 Å². The minimum absolute atomic E-state index is 0.128. The Labute approximate surface area is 146 Å². The Kier molecular flexibility index (Phi) is 3.62. The maximum Gasteiger partial charge on any atom is 0.345 e. The average Bonchev–Trinajstić information content (AvgIpc) is 3.10. The number of nitrogens with zero attached hydrogens (tertiary/aromatic N) is 5. The van der Waals surface area contributed by atoms with Gasteiger partial charge in [-0.15, -0.1) is 11.3 Å². The van der Waals surface area contributed by atoms with Crippen LogP contribution in [0, 0.1) is 0 Å². The highest BCUT2D eigenvalue weighted by molar-refractivity contribution is 7.86. The minimum Gasteiger partial charge on any atom is -0.323 e. The molecule has 0 fully saturated rings. The molecule has 4 aromatic heterocycles. The van der Waals surface area contributed by atoms with Gasteiger partial charge in [-0.1, -0.05) is 0 Å². The van der Waals surface area contributed by atoms with Crippen LogP contribution in [0.1, 0.15) is 5.69 Å². The molecule has 0 aromatic carbocycles. The van der Waals surface area contributed by atoms with Crippen molar-refractivity contribution in [2.75, 3.05) is 6.26 Å². The number of aryl methyl sites for hydroxylation is 1. The summed E-state index contributed by atoms with van der Waals surface area (Å²) in [6.45, 7) is 0.128. The van der Waals surface area contributed by atoms with Gasteiger partial charge < -0.3 is 9.55 Å². The van der Waals surface area contributed by atoms with Crippen molar-refractivity contribution in [3.05, 3.63) is 45.0 Å². The van der Waals surface area contributed by atoms with Gasteiger partial charge in [0.15, 0.2) is 9.99 Å². The zero-order chi connectivity index (χ0) is 17.7. The number of aromatic nitrogens is 6.